The standard InChI is InChI=1S/C12H15FN2O4S/c1-7(6-16)20-8(2)12(17)14-9-3-4-10(13)11(5-9)15(18)19/h3-5,7-8,16H,6H2,1-2H3,(H,14,17)/t7-,8-/m0/s1. The molecule has 0 saturated carbocycles. The Morgan fingerprint density at radius 3 is 2.75 bits per heavy atom. The van der Waals surface area contributed by atoms with Gasteiger partial charge >= 0.3 is 5.69 Å². The fourth-order valence-corrected chi connectivity index (χ4v) is 2.39. The summed E-state index contributed by atoms with van der Waals surface area (Å²) in [7, 11) is 0. The lowest BCUT2D eigenvalue weighted by molar-refractivity contribution is -0.387. The van der Waals surface area contributed by atoms with E-state index in [1.54, 1.807) is 13.8 Å². The highest BCUT2D eigenvalue weighted by atomic mass is 32.2. The lowest BCUT2D eigenvalue weighted by atomic mass is 10.2. The van der Waals surface area contributed by atoms with Gasteiger partial charge in [0.25, 0.3) is 0 Å². The van der Waals surface area contributed by atoms with Gasteiger partial charge in [0, 0.05) is 17.0 Å². The Bertz CT molecular complexity index is 512. The van der Waals surface area contributed by atoms with Gasteiger partial charge in [0.1, 0.15) is 0 Å². The van der Waals surface area contributed by atoms with Gasteiger partial charge in [-0.25, -0.2) is 0 Å². The van der Waals surface area contributed by atoms with Crippen LogP contribution in [0.2, 0.25) is 0 Å². The molecule has 110 valence electrons. The molecule has 0 radical (unpaired) electrons. The van der Waals surface area contributed by atoms with E-state index >= 15 is 0 Å². The molecule has 0 aliphatic carbocycles. The van der Waals surface area contributed by atoms with Crippen molar-refractivity contribution in [1.82, 2.24) is 0 Å². The van der Waals surface area contributed by atoms with Gasteiger partial charge in [-0.15, -0.1) is 11.8 Å². The van der Waals surface area contributed by atoms with E-state index < -0.39 is 21.7 Å². The first-order chi connectivity index (χ1) is 9.35. The summed E-state index contributed by atoms with van der Waals surface area (Å²) < 4.78 is 13.1. The van der Waals surface area contributed by atoms with E-state index in [0.717, 1.165) is 12.1 Å². The number of nitro benzene ring substituents is 1. The van der Waals surface area contributed by atoms with Crippen LogP contribution < -0.4 is 5.32 Å². The van der Waals surface area contributed by atoms with Crippen molar-refractivity contribution in [3.63, 3.8) is 0 Å². The molecule has 0 saturated heterocycles. The van der Waals surface area contributed by atoms with Crippen molar-refractivity contribution in [2.75, 3.05) is 11.9 Å². The first kappa shape index (κ1) is 16.4. The molecular weight excluding hydrogens is 287 g/mol. The van der Waals surface area contributed by atoms with E-state index in [0.29, 0.717) is 0 Å². The summed E-state index contributed by atoms with van der Waals surface area (Å²) in [6.07, 6.45) is 0. The number of rotatable bonds is 6. The quantitative estimate of drug-likeness (QED) is 0.620. The minimum absolute atomic E-state index is 0.0513. The second kappa shape index (κ2) is 7.20. The van der Waals surface area contributed by atoms with Crippen molar-refractivity contribution in [2.45, 2.75) is 24.3 Å². The summed E-state index contributed by atoms with van der Waals surface area (Å²) in [5, 5.41) is 21.5. The molecule has 1 aromatic carbocycles. The summed E-state index contributed by atoms with van der Waals surface area (Å²) in [5.41, 5.74) is -0.529. The lowest BCUT2D eigenvalue weighted by Gasteiger charge is -2.15. The Labute approximate surface area is 119 Å². The van der Waals surface area contributed by atoms with Crippen molar-refractivity contribution >= 4 is 29.0 Å². The number of halogens is 1. The van der Waals surface area contributed by atoms with Gasteiger partial charge < -0.3 is 10.4 Å². The first-order valence-corrected chi connectivity index (χ1v) is 6.80. The fourth-order valence-electron chi connectivity index (χ4n) is 1.43. The zero-order valence-corrected chi connectivity index (χ0v) is 11.8. The molecule has 0 spiro atoms. The Kier molecular flexibility index (Phi) is 5.90. The van der Waals surface area contributed by atoms with Crippen LogP contribution in [0, 0.1) is 15.9 Å². The van der Waals surface area contributed by atoms with E-state index in [-0.39, 0.29) is 23.5 Å². The summed E-state index contributed by atoms with van der Waals surface area (Å²) in [4.78, 5) is 21.6. The van der Waals surface area contributed by atoms with Crippen molar-refractivity contribution in [1.29, 1.82) is 0 Å². The first-order valence-electron chi connectivity index (χ1n) is 5.86. The third-order valence-corrected chi connectivity index (χ3v) is 3.71. The minimum Gasteiger partial charge on any atom is -0.395 e. The molecule has 1 amide bonds. The summed E-state index contributed by atoms with van der Waals surface area (Å²) in [6.45, 7) is 3.38. The van der Waals surface area contributed by atoms with Crippen molar-refractivity contribution < 1.29 is 19.2 Å². The number of aliphatic hydroxyl groups is 1. The highest BCUT2D eigenvalue weighted by Crippen LogP contribution is 2.23. The molecule has 0 aliphatic heterocycles. The maximum absolute atomic E-state index is 13.1. The number of aliphatic hydroxyl groups excluding tert-OH is 1. The smallest absolute Gasteiger partial charge is 0.306 e. The molecule has 0 heterocycles. The summed E-state index contributed by atoms with van der Waals surface area (Å²) in [6, 6.07) is 3.16. The number of thioether (sulfide) groups is 1. The summed E-state index contributed by atoms with van der Waals surface area (Å²) >= 11 is 1.27. The highest BCUT2D eigenvalue weighted by Gasteiger charge is 2.19. The second-order valence-electron chi connectivity index (χ2n) is 4.18. The molecule has 1 rings (SSSR count). The highest BCUT2D eigenvalue weighted by molar-refractivity contribution is 8.01. The van der Waals surface area contributed by atoms with Crippen LogP contribution in [-0.2, 0) is 4.79 Å². The van der Waals surface area contributed by atoms with E-state index in [4.69, 9.17) is 5.11 Å². The van der Waals surface area contributed by atoms with Gasteiger partial charge in [-0.2, -0.15) is 4.39 Å². The van der Waals surface area contributed by atoms with Crippen LogP contribution in [0.5, 0.6) is 0 Å². The van der Waals surface area contributed by atoms with Gasteiger partial charge in [-0.05, 0) is 19.1 Å². The maximum Gasteiger partial charge on any atom is 0.306 e. The molecule has 1 aromatic rings. The maximum atomic E-state index is 13.1. The average molecular weight is 302 g/mol. The lowest BCUT2D eigenvalue weighted by Crippen LogP contribution is -2.25. The van der Waals surface area contributed by atoms with Crippen LogP contribution in [0.4, 0.5) is 15.8 Å². The Morgan fingerprint density at radius 1 is 1.55 bits per heavy atom. The third kappa shape index (κ3) is 4.46. The van der Waals surface area contributed by atoms with Crippen molar-refractivity contribution in [3.8, 4) is 0 Å². The van der Waals surface area contributed by atoms with E-state index in [2.05, 4.69) is 5.32 Å². The molecule has 0 aliphatic rings. The normalized spacial score (nSPS) is 13.6. The van der Waals surface area contributed by atoms with Crippen LogP contribution in [0.1, 0.15) is 13.8 Å². The molecule has 0 fully saturated rings. The molecule has 6 nitrogen and oxygen atoms in total. The van der Waals surface area contributed by atoms with Crippen molar-refractivity contribution in [2.24, 2.45) is 0 Å². The van der Waals surface area contributed by atoms with E-state index in [1.807, 2.05) is 0 Å². The fraction of sp³-hybridized carbons (Fsp3) is 0.417. The van der Waals surface area contributed by atoms with E-state index in [9.17, 15) is 19.3 Å². The Hall–Kier alpha value is -1.67. The van der Waals surface area contributed by atoms with Gasteiger partial charge in [-0.1, -0.05) is 6.92 Å². The predicted molar refractivity (Wildman–Crippen MR) is 75.3 cm³/mol. The average Bonchev–Trinajstić information content (AvgIpc) is 2.40. The van der Waals surface area contributed by atoms with Crippen LogP contribution in [0.15, 0.2) is 18.2 Å². The van der Waals surface area contributed by atoms with E-state index in [1.165, 1.54) is 17.8 Å². The Balaban J connectivity index is 2.76. The monoisotopic (exact) mass is 302 g/mol. The number of amides is 1. The molecule has 0 unspecified atom stereocenters. The van der Waals surface area contributed by atoms with Gasteiger partial charge in [-0.3, -0.25) is 14.9 Å². The summed E-state index contributed by atoms with van der Waals surface area (Å²) in [5.74, 6) is -1.32. The number of nitrogens with zero attached hydrogens (tertiary/aromatic N) is 1. The molecule has 0 aromatic heterocycles. The number of carbonyl (C=O) groups excluding carboxylic acids is 1. The Morgan fingerprint density at radius 2 is 2.20 bits per heavy atom. The predicted octanol–water partition coefficient (Wildman–Crippen LogP) is 2.17. The number of hydrogen-bond donors (Lipinski definition) is 2. The second-order valence-corrected chi connectivity index (χ2v) is 5.97. The largest absolute Gasteiger partial charge is 0.395 e. The molecule has 8 heteroatoms. The zero-order valence-electron chi connectivity index (χ0n) is 11.0. The molecule has 2 atom stereocenters. The number of hydrogen-bond acceptors (Lipinski definition) is 5. The van der Waals surface area contributed by atoms with Crippen LogP contribution >= 0.6 is 11.8 Å². The van der Waals surface area contributed by atoms with Crippen LogP contribution in [0.3, 0.4) is 0 Å². The molecule has 20 heavy (non-hydrogen) atoms. The number of nitrogens with one attached hydrogen (secondary N) is 1. The SMILES string of the molecule is C[C@H](S[C@@H](C)CO)C(=O)Nc1ccc(F)c([N+](=O)[O-])c1. The van der Waals surface area contributed by atoms with Gasteiger partial charge in [0.15, 0.2) is 0 Å². The van der Waals surface area contributed by atoms with Crippen LogP contribution in [-0.4, -0.2) is 33.0 Å². The number of carbonyl (C=O) groups is 1. The number of nitro groups is 1. The zero-order chi connectivity index (χ0) is 15.3. The minimum atomic E-state index is -0.954. The number of benzene rings is 1. The van der Waals surface area contributed by atoms with Gasteiger partial charge in [0.2, 0.25) is 11.7 Å². The molecule has 2 N–H and O–H groups in total. The van der Waals surface area contributed by atoms with Crippen LogP contribution in [0.25, 0.3) is 0 Å². The number of anilines is 1. The molecular formula is C12H15FN2O4S. The molecule has 0 bridgehead atoms. The topological polar surface area (TPSA) is 92.5 Å². The third-order valence-electron chi connectivity index (χ3n) is 2.47. The van der Waals surface area contributed by atoms with Gasteiger partial charge in [0.05, 0.1) is 16.8 Å². The van der Waals surface area contributed by atoms with Crippen molar-refractivity contribution in [3.05, 3.63) is 34.1 Å².